The third-order valence-electron chi connectivity index (χ3n) is 5.54. The SMILES string of the molecule is O=C(Oc1ccccc1O)C12CC3CC(CC(C3)C1)C2. The Morgan fingerprint density at radius 1 is 1.05 bits per heavy atom. The van der Waals surface area contributed by atoms with Crippen molar-refractivity contribution >= 4 is 5.97 Å². The van der Waals surface area contributed by atoms with Crippen LogP contribution < -0.4 is 4.74 Å². The zero-order valence-corrected chi connectivity index (χ0v) is 11.5. The molecule has 0 aromatic heterocycles. The zero-order valence-electron chi connectivity index (χ0n) is 11.5. The average molecular weight is 272 g/mol. The Hall–Kier alpha value is -1.51. The van der Waals surface area contributed by atoms with Crippen LogP contribution >= 0.6 is 0 Å². The van der Waals surface area contributed by atoms with E-state index in [1.54, 1.807) is 24.3 Å². The van der Waals surface area contributed by atoms with Gasteiger partial charge in [-0.25, -0.2) is 0 Å². The Morgan fingerprint density at radius 3 is 2.15 bits per heavy atom. The average Bonchev–Trinajstić information content (AvgIpc) is 2.40. The van der Waals surface area contributed by atoms with Crippen LogP contribution in [0.3, 0.4) is 0 Å². The highest BCUT2D eigenvalue weighted by Gasteiger charge is 2.55. The monoisotopic (exact) mass is 272 g/mol. The first-order valence-electron chi connectivity index (χ1n) is 7.65. The molecular formula is C17H20O3. The van der Waals surface area contributed by atoms with E-state index in [1.807, 2.05) is 0 Å². The van der Waals surface area contributed by atoms with Gasteiger partial charge in [0.1, 0.15) is 0 Å². The lowest BCUT2D eigenvalue weighted by atomic mass is 9.49. The van der Waals surface area contributed by atoms with Gasteiger partial charge in [0.2, 0.25) is 0 Å². The van der Waals surface area contributed by atoms with Crippen LogP contribution in [0.25, 0.3) is 0 Å². The van der Waals surface area contributed by atoms with Crippen molar-refractivity contribution in [1.82, 2.24) is 0 Å². The molecule has 4 bridgehead atoms. The Kier molecular flexibility index (Phi) is 2.60. The summed E-state index contributed by atoms with van der Waals surface area (Å²) in [7, 11) is 0. The number of benzene rings is 1. The molecular weight excluding hydrogens is 252 g/mol. The Bertz CT molecular complexity index is 514. The summed E-state index contributed by atoms with van der Waals surface area (Å²) < 4.78 is 5.54. The molecule has 3 nitrogen and oxygen atoms in total. The number of hydrogen-bond acceptors (Lipinski definition) is 3. The van der Waals surface area contributed by atoms with Crippen molar-refractivity contribution < 1.29 is 14.6 Å². The molecule has 0 aliphatic heterocycles. The van der Waals surface area contributed by atoms with E-state index in [4.69, 9.17) is 4.74 Å². The third-order valence-corrected chi connectivity index (χ3v) is 5.54. The predicted octanol–water partition coefficient (Wildman–Crippen LogP) is 3.51. The molecule has 1 aromatic carbocycles. The second kappa shape index (κ2) is 4.24. The van der Waals surface area contributed by atoms with Crippen molar-refractivity contribution in [1.29, 1.82) is 0 Å². The molecule has 106 valence electrons. The molecule has 0 amide bonds. The number of esters is 1. The summed E-state index contributed by atoms with van der Waals surface area (Å²) >= 11 is 0. The number of hydrogen-bond donors (Lipinski definition) is 1. The molecule has 0 unspecified atom stereocenters. The predicted molar refractivity (Wildman–Crippen MR) is 74.3 cm³/mol. The minimum atomic E-state index is -0.267. The first-order chi connectivity index (χ1) is 9.64. The van der Waals surface area contributed by atoms with Crippen molar-refractivity contribution in [2.24, 2.45) is 23.2 Å². The van der Waals surface area contributed by atoms with Crippen LogP contribution in [-0.4, -0.2) is 11.1 Å². The van der Waals surface area contributed by atoms with Crippen molar-refractivity contribution in [3.05, 3.63) is 24.3 Å². The lowest BCUT2D eigenvalue weighted by molar-refractivity contribution is -0.161. The smallest absolute Gasteiger partial charge is 0.317 e. The van der Waals surface area contributed by atoms with Crippen LogP contribution in [0, 0.1) is 23.2 Å². The van der Waals surface area contributed by atoms with E-state index >= 15 is 0 Å². The zero-order chi connectivity index (χ0) is 13.7. The fourth-order valence-corrected chi connectivity index (χ4v) is 5.11. The van der Waals surface area contributed by atoms with Crippen LogP contribution in [0.2, 0.25) is 0 Å². The van der Waals surface area contributed by atoms with E-state index in [0.717, 1.165) is 37.0 Å². The van der Waals surface area contributed by atoms with E-state index < -0.39 is 0 Å². The topological polar surface area (TPSA) is 46.5 Å². The van der Waals surface area contributed by atoms with Crippen molar-refractivity contribution in [2.45, 2.75) is 38.5 Å². The van der Waals surface area contributed by atoms with Crippen molar-refractivity contribution in [2.75, 3.05) is 0 Å². The second-order valence-electron chi connectivity index (χ2n) is 7.06. The molecule has 4 fully saturated rings. The minimum absolute atomic E-state index is 0.0468. The summed E-state index contributed by atoms with van der Waals surface area (Å²) in [5.41, 5.74) is -0.267. The van der Waals surface area contributed by atoms with Gasteiger partial charge in [-0.15, -0.1) is 0 Å². The van der Waals surface area contributed by atoms with Gasteiger partial charge in [-0.3, -0.25) is 4.79 Å². The molecule has 3 heteroatoms. The normalized spacial score (nSPS) is 37.9. The Labute approximate surface area is 118 Å². The summed E-state index contributed by atoms with van der Waals surface area (Å²) in [6.45, 7) is 0. The first-order valence-corrected chi connectivity index (χ1v) is 7.65. The molecule has 5 rings (SSSR count). The van der Waals surface area contributed by atoms with Gasteiger partial charge in [0.15, 0.2) is 11.5 Å². The third kappa shape index (κ3) is 1.83. The van der Waals surface area contributed by atoms with Gasteiger partial charge in [-0.05, 0) is 68.4 Å². The first kappa shape index (κ1) is 12.2. The molecule has 4 aliphatic carbocycles. The van der Waals surface area contributed by atoms with Gasteiger partial charge in [-0.2, -0.15) is 0 Å². The largest absolute Gasteiger partial charge is 0.504 e. The Balaban J connectivity index is 1.58. The number of ether oxygens (including phenoxy) is 1. The highest BCUT2D eigenvalue weighted by Crippen LogP contribution is 2.60. The summed E-state index contributed by atoms with van der Waals surface area (Å²) in [4.78, 5) is 12.7. The van der Waals surface area contributed by atoms with Crippen LogP contribution in [0.15, 0.2) is 24.3 Å². The summed E-state index contributed by atoms with van der Waals surface area (Å²) in [6.07, 6.45) is 6.90. The van der Waals surface area contributed by atoms with Gasteiger partial charge >= 0.3 is 5.97 Å². The lowest BCUT2D eigenvalue weighted by Crippen LogP contribution is -2.51. The molecule has 0 radical (unpaired) electrons. The molecule has 0 heterocycles. The van der Waals surface area contributed by atoms with Crippen LogP contribution in [0.4, 0.5) is 0 Å². The maximum atomic E-state index is 12.7. The fourth-order valence-electron chi connectivity index (χ4n) is 5.11. The minimum Gasteiger partial charge on any atom is -0.504 e. The van der Waals surface area contributed by atoms with Gasteiger partial charge in [0.05, 0.1) is 5.41 Å². The maximum Gasteiger partial charge on any atom is 0.317 e. The molecule has 20 heavy (non-hydrogen) atoms. The van der Waals surface area contributed by atoms with Crippen LogP contribution in [0.1, 0.15) is 38.5 Å². The molecule has 0 spiro atoms. The number of phenols is 1. The maximum absolute atomic E-state index is 12.7. The molecule has 1 N–H and O–H groups in total. The van der Waals surface area contributed by atoms with Crippen molar-refractivity contribution in [3.63, 3.8) is 0 Å². The van der Waals surface area contributed by atoms with E-state index in [-0.39, 0.29) is 17.1 Å². The number of carbonyl (C=O) groups is 1. The molecule has 4 saturated carbocycles. The van der Waals surface area contributed by atoms with Gasteiger partial charge in [0.25, 0.3) is 0 Å². The van der Waals surface area contributed by atoms with Crippen LogP contribution in [0.5, 0.6) is 11.5 Å². The van der Waals surface area contributed by atoms with E-state index in [0.29, 0.717) is 5.75 Å². The van der Waals surface area contributed by atoms with E-state index in [1.165, 1.54) is 19.3 Å². The summed E-state index contributed by atoms with van der Waals surface area (Å²) in [5, 5.41) is 9.76. The summed E-state index contributed by atoms with van der Waals surface area (Å²) in [6, 6.07) is 6.73. The lowest BCUT2D eigenvalue weighted by Gasteiger charge is -2.55. The second-order valence-corrected chi connectivity index (χ2v) is 7.06. The van der Waals surface area contributed by atoms with E-state index in [9.17, 15) is 9.90 Å². The molecule has 4 aliphatic rings. The molecule has 1 aromatic rings. The number of rotatable bonds is 2. The molecule has 0 saturated heterocycles. The molecule has 0 atom stereocenters. The standard InChI is InChI=1S/C17H20O3/c18-14-3-1-2-4-15(14)20-16(19)17-8-11-5-12(9-17)7-13(6-11)10-17/h1-4,11-13,18H,5-10H2. The van der Waals surface area contributed by atoms with Crippen molar-refractivity contribution in [3.8, 4) is 11.5 Å². The summed E-state index contributed by atoms with van der Waals surface area (Å²) in [5.74, 6) is 2.39. The number of phenolic OH excluding ortho intramolecular Hbond substituents is 1. The number of aromatic hydroxyl groups is 1. The number of para-hydroxylation sites is 2. The van der Waals surface area contributed by atoms with E-state index in [2.05, 4.69) is 0 Å². The van der Waals surface area contributed by atoms with Gasteiger partial charge in [-0.1, -0.05) is 12.1 Å². The highest BCUT2D eigenvalue weighted by atomic mass is 16.5. The van der Waals surface area contributed by atoms with Gasteiger partial charge in [0, 0.05) is 0 Å². The Morgan fingerprint density at radius 2 is 1.60 bits per heavy atom. The van der Waals surface area contributed by atoms with Crippen LogP contribution in [-0.2, 0) is 4.79 Å². The quantitative estimate of drug-likeness (QED) is 0.662. The fraction of sp³-hybridized carbons (Fsp3) is 0.588. The highest BCUT2D eigenvalue weighted by molar-refractivity contribution is 5.80. The van der Waals surface area contributed by atoms with Gasteiger partial charge < -0.3 is 9.84 Å². The number of carbonyl (C=O) groups excluding carboxylic acids is 1.